The maximum atomic E-state index is 11.9. The highest BCUT2D eigenvalue weighted by atomic mass is 16.6. The molecule has 5 heteroatoms. The minimum atomic E-state index is -0.540. The van der Waals surface area contributed by atoms with Gasteiger partial charge in [-0.15, -0.1) is 0 Å². The van der Waals surface area contributed by atoms with E-state index in [-0.39, 0.29) is 11.3 Å². The lowest BCUT2D eigenvalue weighted by molar-refractivity contribution is -0.384. The molecule has 0 heterocycles. The maximum Gasteiger partial charge on any atom is 0.343 e. The van der Waals surface area contributed by atoms with Crippen LogP contribution in [0, 0.1) is 10.1 Å². The quantitative estimate of drug-likeness (QED) is 0.369. The maximum absolute atomic E-state index is 11.9. The average molecular weight is 285 g/mol. The van der Waals surface area contributed by atoms with Gasteiger partial charge in [-0.05, 0) is 35.7 Å². The average Bonchev–Trinajstić information content (AvgIpc) is 2.47. The molecule has 0 aliphatic carbocycles. The SMILES string of the molecule is CC(C)c1ccc(OC(=O)c2ccc([N+](=O)[O-])cc2)cc1. The molecule has 0 saturated heterocycles. The van der Waals surface area contributed by atoms with E-state index in [0.717, 1.165) is 5.56 Å². The molecular weight excluding hydrogens is 270 g/mol. The number of ether oxygens (including phenoxy) is 1. The summed E-state index contributed by atoms with van der Waals surface area (Å²) in [6.07, 6.45) is 0. The van der Waals surface area contributed by atoms with Crippen molar-refractivity contribution in [3.63, 3.8) is 0 Å². The standard InChI is InChI=1S/C16H15NO4/c1-11(2)12-5-9-15(10-6-12)21-16(18)13-3-7-14(8-4-13)17(19)20/h3-11H,1-2H3. The molecule has 2 aromatic rings. The van der Waals surface area contributed by atoms with Crippen LogP contribution in [0.25, 0.3) is 0 Å². The van der Waals surface area contributed by atoms with Crippen molar-refractivity contribution < 1.29 is 14.5 Å². The molecule has 0 aromatic heterocycles. The van der Waals surface area contributed by atoms with Gasteiger partial charge in [0.25, 0.3) is 5.69 Å². The Morgan fingerprint density at radius 3 is 2.10 bits per heavy atom. The number of nitrogens with zero attached hydrogens (tertiary/aromatic N) is 1. The summed E-state index contributed by atoms with van der Waals surface area (Å²) in [6.45, 7) is 4.16. The number of carbonyl (C=O) groups excluding carboxylic acids is 1. The predicted molar refractivity (Wildman–Crippen MR) is 78.6 cm³/mol. The van der Waals surface area contributed by atoms with Crippen LogP contribution in [0.15, 0.2) is 48.5 Å². The van der Waals surface area contributed by atoms with Gasteiger partial charge in [-0.3, -0.25) is 10.1 Å². The first kappa shape index (κ1) is 14.7. The van der Waals surface area contributed by atoms with Crippen molar-refractivity contribution in [3.8, 4) is 5.75 Å². The van der Waals surface area contributed by atoms with E-state index in [9.17, 15) is 14.9 Å². The normalized spacial score (nSPS) is 10.4. The number of nitro groups is 1. The highest BCUT2D eigenvalue weighted by Gasteiger charge is 2.11. The number of hydrogen-bond acceptors (Lipinski definition) is 4. The molecule has 0 aliphatic rings. The lowest BCUT2D eigenvalue weighted by Crippen LogP contribution is -2.08. The fourth-order valence-corrected chi connectivity index (χ4v) is 1.81. The summed E-state index contributed by atoms with van der Waals surface area (Å²) < 4.78 is 5.23. The summed E-state index contributed by atoms with van der Waals surface area (Å²) >= 11 is 0. The van der Waals surface area contributed by atoms with Gasteiger partial charge in [0.2, 0.25) is 0 Å². The van der Waals surface area contributed by atoms with Gasteiger partial charge >= 0.3 is 5.97 Å². The number of non-ortho nitro benzene ring substituents is 1. The number of nitro benzene ring substituents is 1. The Labute approximate surface area is 122 Å². The molecule has 0 radical (unpaired) electrons. The minimum Gasteiger partial charge on any atom is -0.423 e. The van der Waals surface area contributed by atoms with Crippen molar-refractivity contribution >= 4 is 11.7 Å². The van der Waals surface area contributed by atoms with E-state index < -0.39 is 10.9 Å². The number of carbonyl (C=O) groups is 1. The lowest BCUT2D eigenvalue weighted by atomic mass is 10.0. The molecule has 0 spiro atoms. The zero-order chi connectivity index (χ0) is 15.4. The van der Waals surface area contributed by atoms with Crippen molar-refractivity contribution in [2.24, 2.45) is 0 Å². The largest absolute Gasteiger partial charge is 0.423 e. The van der Waals surface area contributed by atoms with Gasteiger partial charge in [0, 0.05) is 12.1 Å². The van der Waals surface area contributed by atoms with Crippen LogP contribution in [0.5, 0.6) is 5.75 Å². The predicted octanol–water partition coefficient (Wildman–Crippen LogP) is 3.94. The van der Waals surface area contributed by atoms with E-state index in [2.05, 4.69) is 13.8 Å². The Bertz CT molecular complexity index is 645. The van der Waals surface area contributed by atoms with Gasteiger partial charge in [-0.25, -0.2) is 4.79 Å². The number of rotatable bonds is 4. The van der Waals surface area contributed by atoms with E-state index in [4.69, 9.17) is 4.74 Å². The highest BCUT2D eigenvalue weighted by Crippen LogP contribution is 2.20. The van der Waals surface area contributed by atoms with Crippen molar-refractivity contribution in [2.75, 3.05) is 0 Å². The fraction of sp³-hybridized carbons (Fsp3) is 0.188. The topological polar surface area (TPSA) is 69.4 Å². The van der Waals surface area contributed by atoms with E-state index in [1.54, 1.807) is 12.1 Å². The van der Waals surface area contributed by atoms with Gasteiger partial charge in [-0.1, -0.05) is 26.0 Å². The van der Waals surface area contributed by atoms with Gasteiger partial charge in [0.1, 0.15) is 5.75 Å². The molecular formula is C16H15NO4. The third-order valence-electron chi connectivity index (χ3n) is 3.07. The van der Waals surface area contributed by atoms with Crippen LogP contribution in [-0.4, -0.2) is 10.9 Å². The first-order valence-corrected chi connectivity index (χ1v) is 6.54. The smallest absolute Gasteiger partial charge is 0.343 e. The second kappa shape index (κ2) is 6.17. The molecule has 2 aromatic carbocycles. The number of benzene rings is 2. The molecule has 0 unspecified atom stereocenters. The van der Waals surface area contributed by atoms with Crippen LogP contribution in [0.3, 0.4) is 0 Å². The van der Waals surface area contributed by atoms with Gasteiger partial charge < -0.3 is 4.74 Å². The van der Waals surface area contributed by atoms with Crippen molar-refractivity contribution in [2.45, 2.75) is 19.8 Å². The minimum absolute atomic E-state index is 0.0622. The summed E-state index contributed by atoms with van der Waals surface area (Å²) in [6, 6.07) is 12.6. The zero-order valence-electron chi connectivity index (χ0n) is 11.8. The molecule has 0 fully saturated rings. The van der Waals surface area contributed by atoms with E-state index >= 15 is 0 Å². The second-order valence-corrected chi connectivity index (χ2v) is 4.92. The Kier molecular flexibility index (Phi) is 4.33. The third-order valence-corrected chi connectivity index (χ3v) is 3.07. The van der Waals surface area contributed by atoms with Crippen LogP contribution < -0.4 is 4.74 Å². The summed E-state index contributed by atoms with van der Waals surface area (Å²) in [5, 5.41) is 10.5. The molecule has 108 valence electrons. The molecule has 0 amide bonds. The Hall–Kier alpha value is -2.69. The van der Waals surface area contributed by atoms with Gasteiger partial charge in [0.05, 0.1) is 10.5 Å². The Balaban J connectivity index is 2.08. The van der Waals surface area contributed by atoms with E-state index in [1.165, 1.54) is 24.3 Å². The van der Waals surface area contributed by atoms with Crippen molar-refractivity contribution in [3.05, 3.63) is 69.8 Å². The molecule has 0 aliphatic heterocycles. The van der Waals surface area contributed by atoms with Gasteiger partial charge in [-0.2, -0.15) is 0 Å². The first-order chi connectivity index (χ1) is 9.97. The van der Waals surface area contributed by atoms with Crippen LogP contribution >= 0.6 is 0 Å². The fourth-order valence-electron chi connectivity index (χ4n) is 1.81. The molecule has 0 bridgehead atoms. The molecule has 21 heavy (non-hydrogen) atoms. The van der Waals surface area contributed by atoms with Crippen LogP contribution in [0.2, 0.25) is 0 Å². The summed E-state index contributed by atoms with van der Waals surface area (Å²) in [5.74, 6) is 0.314. The molecule has 0 N–H and O–H groups in total. The van der Waals surface area contributed by atoms with Crippen LogP contribution in [0.1, 0.15) is 35.7 Å². The number of esters is 1. The summed E-state index contributed by atoms with van der Waals surface area (Å²) in [7, 11) is 0. The second-order valence-electron chi connectivity index (χ2n) is 4.92. The van der Waals surface area contributed by atoms with Crippen LogP contribution in [0.4, 0.5) is 5.69 Å². The first-order valence-electron chi connectivity index (χ1n) is 6.54. The van der Waals surface area contributed by atoms with Crippen LogP contribution in [-0.2, 0) is 0 Å². The highest BCUT2D eigenvalue weighted by molar-refractivity contribution is 5.91. The van der Waals surface area contributed by atoms with E-state index in [1.807, 2.05) is 12.1 Å². The summed E-state index contributed by atoms with van der Waals surface area (Å²) in [4.78, 5) is 22.0. The van der Waals surface area contributed by atoms with E-state index in [0.29, 0.717) is 11.7 Å². The molecule has 0 saturated carbocycles. The monoisotopic (exact) mass is 285 g/mol. The lowest BCUT2D eigenvalue weighted by Gasteiger charge is -2.07. The Morgan fingerprint density at radius 2 is 1.62 bits per heavy atom. The van der Waals surface area contributed by atoms with Crippen molar-refractivity contribution in [1.29, 1.82) is 0 Å². The zero-order valence-corrected chi connectivity index (χ0v) is 11.8. The third kappa shape index (κ3) is 3.66. The molecule has 5 nitrogen and oxygen atoms in total. The molecule has 2 rings (SSSR count). The summed E-state index contributed by atoms with van der Waals surface area (Å²) in [5.41, 5.74) is 1.37. The number of hydrogen-bond donors (Lipinski definition) is 0. The Morgan fingerprint density at radius 1 is 1.05 bits per heavy atom. The van der Waals surface area contributed by atoms with Gasteiger partial charge in [0.15, 0.2) is 0 Å². The molecule has 0 atom stereocenters. The van der Waals surface area contributed by atoms with Crippen molar-refractivity contribution in [1.82, 2.24) is 0 Å².